The Morgan fingerprint density at radius 2 is 2.50 bits per heavy atom. The van der Waals surface area contributed by atoms with Gasteiger partial charge in [0.15, 0.2) is 0 Å². The first kappa shape index (κ1) is 7.22. The molecule has 0 spiro atoms. The second kappa shape index (κ2) is 3.32. The van der Waals surface area contributed by atoms with Gasteiger partial charge >= 0.3 is 0 Å². The van der Waals surface area contributed by atoms with E-state index in [1.807, 2.05) is 11.4 Å². The highest BCUT2D eigenvalue weighted by Gasteiger charge is 1.94. The maximum Gasteiger partial charge on any atom is 0.125 e. The third-order valence-electron chi connectivity index (χ3n) is 1.19. The Hall–Kier alpha value is -0.890. The van der Waals surface area contributed by atoms with Crippen LogP contribution in [0, 0.1) is 0 Å². The van der Waals surface area contributed by atoms with E-state index in [0.717, 1.165) is 16.7 Å². The topological polar surface area (TPSA) is 17.1 Å². The lowest BCUT2D eigenvalue weighted by molar-refractivity contribution is -0.107. The molecule has 0 radical (unpaired) electrons. The van der Waals surface area contributed by atoms with Gasteiger partial charge < -0.3 is 4.79 Å². The summed E-state index contributed by atoms with van der Waals surface area (Å²) < 4.78 is 0. The first-order valence-corrected chi connectivity index (χ1v) is 3.88. The molecule has 1 aromatic heterocycles. The smallest absolute Gasteiger partial charge is 0.125 e. The predicted molar refractivity (Wildman–Crippen MR) is 44.2 cm³/mol. The van der Waals surface area contributed by atoms with Gasteiger partial charge in [0.25, 0.3) is 0 Å². The summed E-state index contributed by atoms with van der Waals surface area (Å²) in [7, 11) is 0. The molecular formula is C8H8OS. The highest BCUT2D eigenvalue weighted by molar-refractivity contribution is 7.10. The Morgan fingerprint density at radius 1 is 1.70 bits per heavy atom. The van der Waals surface area contributed by atoms with E-state index in [1.165, 1.54) is 0 Å². The molecule has 0 fully saturated rings. The molecule has 0 atom stereocenters. The van der Waals surface area contributed by atoms with Crippen molar-refractivity contribution in [1.29, 1.82) is 0 Å². The van der Waals surface area contributed by atoms with E-state index in [1.54, 1.807) is 17.4 Å². The van der Waals surface area contributed by atoms with Crippen LogP contribution in [0.3, 0.4) is 0 Å². The summed E-state index contributed by atoms with van der Waals surface area (Å²) in [5.74, 6) is 0. The predicted octanol–water partition coefficient (Wildman–Crippen LogP) is 2.13. The summed E-state index contributed by atoms with van der Waals surface area (Å²) in [6.45, 7) is 3.62. The quantitative estimate of drug-likeness (QED) is 0.606. The van der Waals surface area contributed by atoms with Crippen molar-refractivity contribution >= 4 is 23.7 Å². The lowest BCUT2D eigenvalue weighted by atomic mass is 10.3. The van der Waals surface area contributed by atoms with E-state index in [4.69, 9.17) is 0 Å². The molecule has 0 saturated heterocycles. The van der Waals surface area contributed by atoms with E-state index >= 15 is 0 Å². The Bertz CT molecular complexity index is 237. The van der Waals surface area contributed by atoms with Crippen LogP contribution in [-0.4, -0.2) is 6.29 Å². The van der Waals surface area contributed by atoms with Crippen LogP contribution in [-0.2, 0) is 11.2 Å². The molecule has 0 N–H and O–H groups in total. The number of rotatable bonds is 3. The second-order valence-electron chi connectivity index (χ2n) is 1.92. The number of hydrogen-bond donors (Lipinski definition) is 0. The molecule has 10 heavy (non-hydrogen) atoms. The lowest BCUT2D eigenvalue weighted by Gasteiger charge is -1.80. The van der Waals surface area contributed by atoms with Gasteiger partial charge in [0.1, 0.15) is 6.29 Å². The largest absolute Gasteiger partial charge is 0.303 e. The summed E-state index contributed by atoms with van der Waals surface area (Å²) in [5, 5.41) is 1.99. The first-order valence-electron chi connectivity index (χ1n) is 3.00. The zero-order valence-electron chi connectivity index (χ0n) is 5.54. The molecule has 0 aliphatic rings. The van der Waals surface area contributed by atoms with E-state index in [-0.39, 0.29) is 0 Å². The van der Waals surface area contributed by atoms with Gasteiger partial charge in [-0.05, 0) is 17.0 Å². The minimum atomic E-state index is 0.526. The van der Waals surface area contributed by atoms with E-state index < -0.39 is 0 Å². The van der Waals surface area contributed by atoms with E-state index in [2.05, 4.69) is 6.58 Å². The van der Waals surface area contributed by atoms with Crippen molar-refractivity contribution in [2.75, 3.05) is 0 Å². The molecule has 52 valence electrons. The van der Waals surface area contributed by atoms with Crippen LogP contribution in [0.4, 0.5) is 0 Å². The average molecular weight is 152 g/mol. The molecule has 0 saturated carbocycles. The molecule has 2 heteroatoms. The van der Waals surface area contributed by atoms with Crippen LogP contribution in [0.25, 0.3) is 6.08 Å². The fourth-order valence-electron chi connectivity index (χ4n) is 0.694. The third-order valence-corrected chi connectivity index (χ3v) is 2.17. The maximum absolute atomic E-state index is 10.1. The van der Waals surface area contributed by atoms with Crippen LogP contribution in [0.1, 0.15) is 10.4 Å². The van der Waals surface area contributed by atoms with Crippen LogP contribution in [0.15, 0.2) is 18.0 Å². The van der Waals surface area contributed by atoms with Crippen LogP contribution >= 0.6 is 11.3 Å². The molecule has 0 unspecified atom stereocenters. The molecule has 1 heterocycles. The van der Waals surface area contributed by atoms with E-state index in [9.17, 15) is 4.79 Å². The van der Waals surface area contributed by atoms with Crippen molar-refractivity contribution in [3.8, 4) is 0 Å². The number of thiophene rings is 1. The van der Waals surface area contributed by atoms with Gasteiger partial charge in [-0.1, -0.05) is 12.7 Å². The number of carbonyl (C=O) groups is 1. The molecule has 0 aliphatic heterocycles. The fraction of sp³-hybridized carbons (Fsp3) is 0.125. The zero-order valence-corrected chi connectivity index (χ0v) is 6.36. The Labute approximate surface area is 64.0 Å². The SMILES string of the molecule is C=Cc1csc(CC=O)c1. The third kappa shape index (κ3) is 1.54. The minimum Gasteiger partial charge on any atom is -0.303 e. The highest BCUT2D eigenvalue weighted by atomic mass is 32.1. The molecule has 1 nitrogen and oxygen atoms in total. The summed E-state index contributed by atoms with van der Waals surface area (Å²) in [5.41, 5.74) is 1.10. The normalized spacial score (nSPS) is 9.20. The summed E-state index contributed by atoms with van der Waals surface area (Å²) in [6.07, 6.45) is 3.22. The van der Waals surface area contributed by atoms with Gasteiger partial charge in [-0.15, -0.1) is 11.3 Å². The molecular weight excluding hydrogens is 144 g/mol. The Balaban J connectivity index is 2.77. The Morgan fingerprint density at radius 3 is 3.00 bits per heavy atom. The van der Waals surface area contributed by atoms with Crippen LogP contribution < -0.4 is 0 Å². The number of hydrogen-bond acceptors (Lipinski definition) is 2. The van der Waals surface area contributed by atoms with Crippen molar-refractivity contribution in [2.24, 2.45) is 0 Å². The lowest BCUT2D eigenvalue weighted by Crippen LogP contribution is -1.77. The standard InChI is InChI=1S/C8H8OS/c1-2-7-5-8(3-4-9)10-6-7/h2,4-6H,1,3H2. The minimum absolute atomic E-state index is 0.526. The van der Waals surface area contributed by atoms with Gasteiger partial charge in [-0.3, -0.25) is 0 Å². The van der Waals surface area contributed by atoms with Gasteiger partial charge in [0.05, 0.1) is 0 Å². The van der Waals surface area contributed by atoms with Gasteiger partial charge in [-0.25, -0.2) is 0 Å². The van der Waals surface area contributed by atoms with Crippen molar-refractivity contribution in [3.63, 3.8) is 0 Å². The summed E-state index contributed by atoms with van der Waals surface area (Å²) in [4.78, 5) is 11.2. The highest BCUT2D eigenvalue weighted by Crippen LogP contribution is 2.14. The van der Waals surface area contributed by atoms with Crippen LogP contribution in [0.5, 0.6) is 0 Å². The fourth-order valence-corrected chi connectivity index (χ4v) is 1.51. The Kier molecular flexibility index (Phi) is 2.40. The second-order valence-corrected chi connectivity index (χ2v) is 2.92. The number of aldehydes is 1. The molecule has 1 rings (SSSR count). The van der Waals surface area contributed by atoms with Crippen molar-refractivity contribution < 1.29 is 4.79 Å². The average Bonchev–Trinajstić information content (AvgIpc) is 2.37. The molecule has 0 aromatic carbocycles. The molecule has 1 aromatic rings. The monoisotopic (exact) mass is 152 g/mol. The van der Waals surface area contributed by atoms with Gasteiger partial charge in [-0.2, -0.15) is 0 Å². The van der Waals surface area contributed by atoms with Crippen molar-refractivity contribution in [2.45, 2.75) is 6.42 Å². The zero-order chi connectivity index (χ0) is 7.40. The molecule has 0 bridgehead atoms. The molecule has 0 amide bonds. The van der Waals surface area contributed by atoms with Gasteiger partial charge in [0.2, 0.25) is 0 Å². The van der Waals surface area contributed by atoms with Gasteiger partial charge in [0, 0.05) is 11.3 Å². The summed E-state index contributed by atoms with van der Waals surface area (Å²) >= 11 is 1.60. The maximum atomic E-state index is 10.1. The number of carbonyl (C=O) groups excluding carboxylic acids is 1. The van der Waals surface area contributed by atoms with Crippen molar-refractivity contribution in [1.82, 2.24) is 0 Å². The summed E-state index contributed by atoms with van der Waals surface area (Å²) in [6, 6.07) is 1.98. The van der Waals surface area contributed by atoms with Crippen LogP contribution in [0.2, 0.25) is 0 Å². The van der Waals surface area contributed by atoms with E-state index in [0.29, 0.717) is 6.42 Å². The van der Waals surface area contributed by atoms with Crippen molar-refractivity contribution in [3.05, 3.63) is 28.5 Å². The first-order chi connectivity index (χ1) is 4.86. The molecule has 0 aliphatic carbocycles.